The lowest BCUT2D eigenvalue weighted by atomic mass is 9.85. The van der Waals surface area contributed by atoms with E-state index in [1.165, 1.54) is 32.8 Å². The second-order valence-corrected chi connectivity index (χ2v) is 7.97. The molecule has 3 unspecified atom stereocenters. The highest BCUT2D eigenvalue weighted by Gasteiger charge is 2.45. The molecule has 2 aliphatic rings. The Morgan fingerprint density at radius 1 is 1.40 bits per heavy atom. The van der Waals surface area contributed by atoms with Crippen LogP contribution in [0.25, 0.3) is 10.8 Å². The minimum absolute atomic E-state index is 0.105. The van der Waals surface area contributed by atoms with Crippen molar-refractivity contribution < 1.29 is 13.9 Å². The highest BCUT2D eigenvalue weighted by Crippen LogP contribution is 2.41. The predicted molar refractivity (Wildman–Crippen MR) is 96.3 cm³/mol. The van der Waals surface area contributed by atoms with Gasteiger partial charge in [-0.05, 0) is 44.2 Å². The molecular weight excluding hydrogens is 336 g/mol. The molecule has 1 saturated carbocycles. The Bertz CT molecular complexity index is 753. The van der Waals surface area contributed by atoms with Crippen molar-refractivity contribution in [2.45, 2.75) is 57.7 Å². The van der Waals surface area contributed by atoms with Crippen molar-refractivity contribution in [1.29, 1.82) is 0 Å². The van der Waals surface area contributed by atoms with Crippen molar-refractivity contribution in [1.82, 2.24) is 9.88 Å². The topological polar surface area (TPSA) is 55.6 Å². The van der Waals surface area contributed by atoms with Gasteiger partial charge < -0.3 is 9.15 Å². The van der Waals surface area contributed by atoms with Crippen LogP contribution in [0.15, 0.2) is 21.9 Å². The van der Waals surface area contributed by atoms with Gasteiger partial charge >= 0.3 is 5.97 Å². The number of aromatic nitrogens is 1. The molecule has 3 heterocycles. The zero-order valence-corrected chi connectivity index (χ0v) is 15.6. The summed E-state index contributed by atoms with van der Waals surface area (Å²) in [4.78, 5) is 19.4. The second-order valence-electron chi connectivity index (χ2n) is 7.11. The van der Waals surface area contributed by atoms with E-state index in [0.29, 0.717) is 18.5 Å². The lowest BCUT2D eigenvalue weighted by molar-refractivity contribution is -0.146. The lowest BCUT2D eigenvalue weighted by Crippen LogP contribution is -2.42. The van der Waals surface area contributed by atoms with E-state index in [1.807, 2.05) is 19.1 Å². The maximum Gasteiger partial charge on any atom is 0.323 e. The van der Waals surface area contributed by atoms with E-state index in [-0.39, 0.29) is 12.0 Å². The van der Waals surface area contributed by atoms with Crippen LogP contribution in [-0.2, 0) is 16.1 Å². The van der Waals surface area contributed by atoms with Crippen LogP contribution in [-0.4, -0.2) is 35.0 Å². The van der Waals surface area contributed by atoms with E-state index < -0.39 is 0 Å². The number of carbonyl (C=O) groups excluding carboxylic acids is 1. The van der Waals surface area contributed by atoms with Crippen molar-refractivity contribution in [3.05, 3.63) is 29.0 Å². The normalized spacial score (nSPS) is 26.6. The van der Waals surface area contributed by atoms with Gasteiger partial charge in [0.25, 0.3) is 0 Å². The van der Waals surface area contributed by atoms with Crippen LogP contribution in [0, 0.1) is 12.8 Å². The number of nitrogens with zero attached hydrogens (tertiary/aromatic N) is 2. The molecule has 0 spiro atoms. The molecule has 0 N–H and O–H groups in total. The quantitative estimate of drug-likeness (QED) is 0.771. The molecule has 0 amide bonds. The van der Waals surface area contributed by atoms with Gasteiger partial charge in [-0.1, -0.05) is 12.8 Å². The zero-order valence-electron chi connectivity index (χ0n) is 14.7. The Morgan fingerprint density at radius 3 is 3.00 bits per heavy atom. The van der Waals surface area contributed by atoms with Crippen molar-refractivity contribution in [3.63, 3.8) is 0 Å². The number of hydrogen-bond donors (Lipinski definition) is 0. The third-order valence-corrected chi connectivity index (χ3v) is 6.45. The number of methoxy groups -OCH3 is 1. The van der Waals surface area contributed by atoms with Gasteiger partial charge in [0.1, 0.15) is 11.8 Å². The van der Waals surface area contributed by atoms with E-state index >= 15 is 0 Å². The van der Waals surface area contributed by atoms with Gasteiger partial charge in [-0.15, -0.1) is 11.3 Å². The Morgan fingerprint density at radius 2 is 2.24 bits per heavy atom. The van der Waals surface area contributed by atoms with Crippen molar-refractivity contribution in [3.8, 4) is 10.8 Å². The highest BCUT2D eigenvalue weighted by molar-refractivity contribution is 7.13. The van der Waals surface area contributed by atoms with Gasteiger partial charge in [0, 0.05) is 18.0 Å². The number of aryl methyl sites for hydroxylation is 1. The first-order valence-corrected chi connectivity index (χ1v) is 9.88. The first-order chi connectivity index (χ1) is 12.2. The molecule has 1 aliphatic carbocycles. The standard InChI is InChI=1S/C19H24N2O3S/c1-12-7-8-17(24-12)18-20-14(11-25-18)10-21-15-6-4-3-5-13(15)9-16(21)19(22)23-2/h7-8,11,13,15-16H,3-6,9-10H2,1-2H3. The molecule has 1 aliphatic heterocycles. The molecule has 2 aromatic rings. The summed E-state index contributed by atoms with van der Waals surface area (Å²) in [5.41, 5.74) is 1.01. The monoisotopic (exact) mass is 360 g/mol. The molecule has 0 aromatic carbocycles. The van der Waals surface area contributed by atoms with Gasteiger partial charge in [0.05, 0.1) is 12.8 Å². The third kappa shape index (κ3) is 3.25. The molecule has 2 aromatic heterocycles. The smallest absolute Gasteiger partial charge is 0.323 e. The van der Waals surface area contributed by atoms with Gasteiger partial charge in [-0.25, -0.2) is 4.98 Å². The van der Waals surface area contributed by atoms with Crippen LogP contribution in [0.5, 0.6) is 0 Å². The van der Waals surface area contributed by atoms with Crippen molar-refractivity contribution in [2.75, 3.05) is 7.11 Å². The number of fused-ring (bicyclic) bond motifs is 1. The summed E-state index contributed by atoms with van der Waals surface area (Å²) in [5, 5.41) is 2.98. The first-order valence-electron chi connectivity index (χ1n) is 9.00. The van der Waals surface area contributed by atoms with Crippen LogP contribution in [0.2, 0.25) is 0 Å². The summed E-state index contributed by atoms with van der Waals surface area (Å²) >= 11 is 1.60. The number of esters is 1. The molecule has 134 valence electrons. The van der Waals surface area contributed by atoms with Gasteiger partial charge in [-0.3, -0.25) is 9.69 Å². The van der Waals surface area contributed by atoms with Crippen LogP contribution >= 0.6 is 11.3 Å². The average molecular weight is 360 g/mol. The van der Waals surface area contributed by atoms with E-state index in [9.17, 15) is 4.79 Å². The summed E-state index contributed by atoms with van der Waals surface area (Å²) in [7, 11) is 1.49. The molecule has 5 nitrogen and oxygen atoms in total. The molecule has 1 saturated heterocycles. The van der Waals surface area contributed by atoms with Gasteiger partial charge in [0.15, 0.2) is 10.8 Å². The number of furan rings is 1. The Kier molecular flexibility index (Phi) is 4.65. The minimum atomic E-state index is -0.130. The van der Waals surface area contributed by atoms with Crippen molar-refractivity contribution in [2.24, 2.45) is 5.92 Å². The van der Waals surface area contributed by atoms with E-state index in [2.05, 4.69) is 10.3 Å². The Balaban J connectivity index is 1.55. The zero-order chi connectivity index (χ0) is 17.4. The molecule has 0 bridgehead atoms. The SMILES string of the molecule is COC(=O)C1CC2CCCCC2N1Cc1csc(-c2ccc(C)o2)n1. The number of ether oxygens (including phenoxy) is 1. The number of carbonyl (C=O) groups is 1. The van der Waals surface area contributed by atoms with Crippen LogP contribution in [0.3, 0.4) is 0 Å². The minimum Gasteiger partial charge on any atom is -0.468 e. The number of rotatable bonds is 4. The number of likely N-dealkylation sites (tertiary alicyclic amines) is 1. The number of hydrogen-bond acceptors (Lipinski definition) is 6. The Hall–Kier alpha value is -1.66. The summed E-state index contributed by atoms with van der Waals surface area (Å²) in [6.07, 6.45) is 5.85. The largest absolute Gasteiger partial charge is 0.468 e. The fraction of sp³-hybridized carbons (Fsp3) is 0.579. The fourth-order valence-electron chi connectivity index (χ4n) is 4.38. The first kappa shape index (κ1) is 16.8. The molecule has 2 fully saturated rings. The van der Waals surface area contributed by atoms with Crippen LogP contribution in [0.1, 0.15) is 43.6 Å². The average Bonchev–Trinajstić information content (AvgIpc) is 3.34. The molecule has 25 heavy (non-hydrogen) atoms. The third-order valence-electron chi connectivity index (χ3n) is 5.54. The molecular formula is C19H24N2O3S. The van der Waals surface area contributed by atoms with Gasteiger partial charge in [-0.2, -0.15) is 0 Å². The summed E-state index contributed by atoms with van der Waals surface area (Å²) < 4.78 is 10.7. The van der Waals surface area contributed by atoms with Crippen molar-refractivity contribution >= 4 is 17.3 Å². The van der Waals surface area contributed by atoms with Gasteiger partial charge in [0.2, 0.25) is 0 Å². The summed E-state index contributed by atoms with van der Waals surface area (Å²) in [6.45, 7) is 2.64. The van der Waals surface area contributed by atoms with E-state index in [1.54, 1.807) is 11.3 Å². The molecule has 6 heteroatoms. The van der Waals surface area contributed by atoms with Crippen LogP contribution < -0.4 is 0 Å². The lowest BCUT2D eigenvalue weighted by Gasteiger charge is -2.32. The maximum absolute atomic E-state index is 12.3. The molecule has 0 radical (unpaired) electrons. The predicted octanol–water partition coefficient (Wildman–Crippen LogP) is 4.02. The number of thiazole rings is 1. The maximum atomic E-state index is 12.3. The van der Waals surface area contributed by atoms with Crippen LogP contribution in [0.4, 0.5) is 0 Å². The second kappa shape index (κ2) is 6.92. The molecule has 4 rings (SSSR count). The highest BCUT2D eigenvalue weighted by atomic mass is 32.1. The Labute approximate surface area is 152 Å². The summed E-state index contributed by atoms with van der Waals surface area (Å²) in [6, 6.07) is 4.27. The molecule has 3 atom stereocenters. The summed E-state index contributed by atoms with van der Waals surface area (Å²) in [5.74, 6) is 2.22. The fourth-order valence-corrected chi connectivity index (χ4v) is 5.15. The van der Waals surface area contributed by atoms with E-state index in [4.69, 9.17) is 14.1 Å². The van der Waals surface area contributed by atoms with E-state index in [0.717, 1.165) is 28.6 Å².